The summed E-state index contributed by atoms with van der Waals surface area (Å²) in [5.74, 6) is 1.20. The molecular formula is C16H19ClO3S. The summed E-state index contributed by atoms with van der Waals surface area (Å²) >= 11 is 7.87. The number of hydrogen-bond acceptors (Lipinski definition) is 4. The van der Waals surface area contributed by atoms with E-state index < -0.39 is 6.10 Å². The summed E-state index contributed by atoms with van der Waals surface area (Å²) in [5, 5.41) is 15.0. The molecule has 0 saturated heterocycles. The van der Waals surface area contributed by atoms with Gasteiger partial charge in [-0.3, -0.25) is 0 Å². The van der Waals surface area contributed by atoms with Gasteiger partial charge in [0.05, 0.1) is 18.2 Å². The van der Waals surface area contributed by atoms with Crippen LogP contribution in [0.2, 0.25) is 5.02 Å². The van der Waals surface area contributed by atoms with E-state index in [4.69, 9.17) is 21.1 Å². The minimum absolute atomic E-state index is 0.472. The molecule has 0 radical (unpaired) electrons. The first-order chi connectivity index (χ1) is 10.1. The maximum Gasteiger partial charge on any atom is 0.162 e. The number of aliphatic hydroxyl groups excluding tert-OH is 1. The maximum atomic E-state index is 10.6. The average Bonchev–Trinajstić information content (AvgIpc) is 2.87. The molecule has 0 bridgehead atoms. The first-order valence-electron chi connectivity index (χ1n) is 6.88. The van der Waals surface area contributed by atoms with Crippen LogP contribution in [0.3, 0.4) is 0 Å². The normalized spacial score (nSPS) is 12.2. The van der Waals surface area contributed by atoms with Gasteiger partial charge in [0, 0.05) is 11.6 Å². The van der Waals surface area contributed by atoms with Gasteiger partial charge in [0.15, 0.2) is 11.5 Å². The van der Waals surface area contributed by atoms with Gasteiger partial charge in [-0.15, -0.1) is 0 Å². The number of aryl methyl sites for hydroxylation is 1. The number of aliphatic hydroxyl groups is 1. The molecule has 1 aromatic carbocycles. The van der Waals surface area contributed by atoms with Gasteiger partial charge in [-0.2, -0.15) is 11.3 Å². The van der Waals surface area contributed by atoms with Crippen molar-refractivity contribution in [2.24, 2.45) is 0 Å². The van der Waals surface area contributed by atoms with Crippen molar-refractivity contribution in [3.8, 4) is 11.5 Å². The van der Waals surface area contributed by atoms with Crippen LogP contribution in [0, 0.1) is 6.92 Å². The lowest BCUT2D eigenvalue weighted by atomic mass is 10.0. The molecule has 114 valence electrons. The molecule has 0 aliphatic heterocycles. The van der Waals surface area contributed by atoms with Crippen LogP contribution >= 0.6 is 22.9 Å². The molecule has 0 aliphatic rings. The fourth-order valence-electron chi connectivity index (χ4n) is 2.12. The standard InChI is InChI=1S/C16H19ClO3S/c1-4-19-14-6-11(13(17)7-15(14)20-5-2)16(18)12-9-21-8-10(12)3/h6-9,16,18H,4-5H2,1-3H3. The van der Waals surface area contributed by atoms with Crippen LogP contribution in [-0.2, 0) is 0 Å². The predicted octanol–water partition coefficient (Wildman–Crippen LogP) is 4.59. The lowest BCUT2D eigenvalue weighted by Crippen LogP contribution is -2.04. The van der Waals surface area contributed by atoms with Gasteiger partial charge in [-0.1, -0.05) is 11.6 Å². The van der Waals surface area contributed by atoms with Crippen molar-refractivity contribution < 1.29 is 14.6 Å². The second-order valence-corrected chi connectivity index (χ2v) is 5.75. The van der Waals surface area contributed by atoms with E-state index in [1.807, 2.05) is 31.5 Å². The van der Waals surface area contributed by atoms with E-state index >= 15 is 0 Å². The van der Waals surface area contributed by atoms with Crippen molar-refractivity contribution >= 4 is 22.9 Å². The molecule has 0 amide bonds. The second-order valence-electron chi connectivity index (χ2n) is 4.60. The number of rotatable bonds is 6. The minimum atomic E-state index is -0.765. The van der Waals surface area contributed by atoms with Crippen LogP contribution in [0.5, 0.6) is 11.5 Å². The molecule has 21 heavy (non-hydrogen) atoms. The van der Waals surface area contributed by atoms with Crippen molar-refractivity contribution in [2.75, 3.05) is 13.2 Å². The van der Waals surface area contributed by atoms with Crippen LogP contribution in [0.25, 0.3) is 0 Å². The highest BCUT2D eigenvalue weighted by Crippen LogP contribution is 2.39. The highest BCUT2D eigenvalue weighted by molar-refractivity contribution is 7.08. The van der Waals surface area contributed by atoms with Crippen molar-refractivity contribution in [1.29, 1.82) is 0 Å². The zero-order valence-corrected chi connectivity index (χ0v) is 13.9. The maximum absolute atomic E-state index is 10.6. The summed E-state index contributed by atoms with van der Waals surface area (Å²) in [6.07, 6.45) is -0.765. The summed E-state index contributed by atoms with van der Waals surface area (Å²) in [6, 6.07) is 3.47. The Hall–Kier alpha value is -1.23. The number of ether oxygens (including phenoxy) is 2. The molecular weight excluding hydrogens is 308 g/mol. The van der Waals surface area contributed by atoms with Crippen molar-refractivity contribution in [3.05, 3.63) is 44.6 Å². The third-order valence-electron chi connectivity index (χ3n) is 3.15. The quantitative estimate of drug-likeness (QED) is 0.843. The second kappa shape index (κ2) is 7.16. The summed E-state index contributed by atoms with van der Waals surface area (Å²) in [4.78, 5) is 0. The first-order valence-corrected chi connectivity index (χ1v) is 8.20. The van der Waals surface area contributed by atoms with Crippen LogP contribution in [0.4, 0.5) is 0 Å². The SMILES string of the molecule is CCOc1cc(Cl)c(C(O)c2cscc2C)cc1OCC. The molecule has 1 aromatic heterocycles. The Balaban J connectivity index is 2.44. The highest BCUT2D eigenvalue weighted by atomic mass is 35.5. The van der Waals surface area contributed by atoms with E-state index in [9.17, 15) is 5.11 Å². The molecule has 0 spiro atoms. The minimum Gasteiger partial charge on any atom is -0.490 e. The number of hydrogen-bond donors (Lipinski definition) is 1. The molecule has 3 nitrogen and oxygen atoms in total. The fraction of sp³-hybridized carbons (Fsp3) is 0.375. The van der Waals surface area contributed by atoms with Gasteiger partial charge in [-0.05, 0) is 48.7 Å². The number of benzene rings is 1. The van der Waals surface area contributed by atoms with Gasteiger partial charge in [0.1, 0.15) is 6.10 Å². The predicted molar refractivity (Wildman–Crippen MR) is 86.9 cm³/mol. The summed E-state index contributed by atoms with van der Waals surface area (Å²) < 4.78 is 11.1. The van der Waals surface area contributed by atoms with Crippen LogP contribution in [-0.4, -0.2) is 18.3 Å². The molecule has 1 atom stereocenters. The third-order valence-corrected chi connectivity index (χ3v) is 4.35. The largest absolute Gasteiger partial charge is 0.490 e. The van der Waals surface area contributed by atoms with Gasteiger partial charge >= 0.3 is 0 Å². The Bertz CT molecular complexity index is 610. The Morgan fingerprint density at radius 3 is 2.24 bits per heavy atom. The fourth-order valence-corrected chi connectivity index (χ4v) is 3.24. The molecule has 0 aliphatic carbocycles. The Morgan fingerprint density at radius 2 is 1.71 bits per heavy atom. The van der Waals surface area contributed by atoms with E-state index in [1.54, 1.807) is 23.5 Å². The van der Waals surface area contributed by atoms with Crippen LogP contribution in [0.1, 0.15) is 36.6 Å². The number of halogens is 1. The third kappa shape index (κ3) is 3.51. The van der Waals surface area contributed by atoms with Gasteiger partial charge < -0.3 is 14.6 Å². The Kier molecular flexibility index (Phi) is 5.51. The molecule has 1 heterocycles. The van der Waals surface area contributed by atoms with Crippen molar-refractivity contribution in [1.82, 2.24) is 0 Å². The molecule has 1 N–H and O–H groups in total. The van der Waals surface area contributed by atoms with E-state index in [1.165, 1.54) is 0 Å². The lowest BCUT2D eigenvalue weighted by molar-refractivity contribution is 0.218. The first kappa shape index (κ1) is 16.1. The number of thiophene rings is 1. The highest BCUT2D eigenvalue weighted by Gasteiger charge is 2.20. The van der Waals surface area contributed by atoms with E-state index in [0.29, 0.717) is 35.3 Å². The molecule has 2 rings (SSSR count). The van der Waals surface area contributed by atoms with E-state index in [0.717, 1.165) is 11.1 Å². The summed E-state index contributed by atoms with van der Waals surface area (Å²) in [6.45, 7) is 6.84. The summed E-state index contributed by atoms with van der Waals surface area (Å²) in [5.41, 5.74) is 2.55. The van der Waals surface area contributed by atoms with Crippen molar-refractivity contribution in [3.63, 3.8) is 0 Å². The van der Waals surface area contributed by atoms with Crippen LogP contribution in [0.15, 0.2) is 22.9 Å². The Labute approximate surface area is 134 Å². The lowest BCUT2D eigenvalue weighted by Gasteiger charge is -2.17. The Morgan fingerprint density at radius 1 is 1.10 bits per heavy atom. The monoisotopic (exact) mass is 326 g/mol. The van der Waals surface area contributed by atoms with Gasteiger partial charge in [0.25, 0.3) is 0 Å². The molecule has 5 heteroatoms. The molecule has 0 fully saturated rings. The van der Waals surface area contributed by atoms with Gasteiger partial charge in [-0.25, -0.2) is 0 Å². The summed E-state index contributed by atoms with van der Waals surface area (Å²) in [7, 11) is 0. The molecule has 2 aromatic rings. The topological polar surface area (TPSA) is 38.7 Å². The zero-order chi connectivity index (χ0) is 15.4. The molecule has 1 unspecified atom stereocenters. The van der Waals surface area contributed by atoms with Crippen LogP contribution < -0.4 is 9.47 Å². The van der Waals surface area contributed by atoms with E-state index in [-0.39, 0.29) is 0 Å². The van der Waals surface area contributed by atoms with Gasteiger partial charge in [0.2, 0.25) is 0 Å². The smallest absolute Gasteiger partial charge is 0.162 e. The molecule has 0 saturated carbocycles. The zero-order valence-electron chi connectivity index (χ0n) is 12.4. The van der Waals surface area contributed by atoms with E-state index in [2.05, 4.69) is 0 Å². The van der Waals surface area contributed by atoms with Crippen molar-refractivity contribution in [2.45, 2.75) is 26.9 Å². The average molecular weight is 327 g/mol.